The molecule has 1 aliphatic rings. The molecule has 1 nitrogen and oxygen atoms in total. The van der Waals surface area contributed by atoms with Gasteiger partial charge in [-0.05, 0) is 60.4 Å². The first kappa shape index (κ1) is 12.7. The van der Waals surface area contributed by atoms with Crippen molar-refractivity contribution in [1.82, 2.24) is 0 Å². The van der Waals surface area contributed by atoms with Gasteiger partial charge in [0, 0.05) is 5.71 Å². The smallest absolute Gasteiger partial charge is 0.123 e. The van der Waals surface area contributed by atoms with Crippen LogP contribution in [0, 0.1) is 11.6 Å². The van der Waals surface area contributed by atoms with Crippen molar-refractivity contribution in [3.8, 4) is 0 Å². The summed E-state index contributed by atoms with van der Waals surface area (Å²) < 4.78 is 25.9. The fraction of sp³-hybridized carbons (Fsp3) is 0.118. The SMILES string of the molecule is Fc1ccc(C2=CCCC(c3ccc(F)cc3)=N2)cc1. The summed E-state index contributed by atoms with van der Waals surface area (Å²) in [7, 11) is 0. The largest absolute Gasteiger partial charge is 0.253 e. The molecule has 0 radical (unpaired) electrons. The molecule has 100 valence electrons. The highest BCUT2D eigenvalue weighted by molar-refractivity contribution is 6.04. The van der Waals surface area contributed by atoms with E-state index in [1.54, 1.807) is 24.3 Å². The minimum absolute atomic E-state index is 0.251. The second kappa shape index (κ2) is 5.37. The van der Waals surface area contributed by atoms with Gasteiger partial charge in [0.2, 0.25) is 0 Å². The molecule has 1 aliphatic heterocycles. The maximum absolute atomic E-state index is 12.9. The van der Waals surface area contributed by atoms with Crippen LogP contribution in [0.3, 0.4) is 0 Å². The normalized spacial score (nSPS) is 14.7. The van der Waals surface area contributed by atoms with E-state index in [1.807, 2.05) is 6.08 Å². The Hall–Kier alpha value is -2.29. The predicted molar refractivity (Wildman–Crippen MR) is 76.5 cm³/mol. The lowest BCUT2D eigenvalue weighted by molar-refractivity contribution is 0.627. The van der Waals surface area contributed by atoms with Crippen molar-refractivity contribution < 1.29 is 8.78 Å². The summed E-state index contributed by atoms with van der Waals surface area (Å²) in [5.74, 6) is -0.507. The molecule has 2 aromatic carbocycles. The Balaban J connectivity index is 1.92. The van der Waals surface area contributed by atoms with Gasteiger partial charge in [0.25, 0.3) is 0 Å². The van der Waals surface area contributed by atoms with Gasteiger partial charge in [0.15, 0.2) is 0 Å². The van der Waals surface area contributed by atoms with Gasteiger partial charge in [-0.1, -0.05) is 18.2 Å². The fourth-order valence-corrected chi connectivity index (χ4v) is 2.25. The van der Waals surface area contributed by atoms with E-state index in [0.29, 0.717) is 0 Å². The van der Waals surface area contributed by atoms with E-state index in [4.69, 9.17) is 0 Å². The van der Waals surface area contributed by atoms with Crippen LogP contribution in [0.5, 0.6) is 0 Å². The molecule has 0 saturated heterocycles. The predicted octanol–water partition coefficient (Wildman–Crippen LogP) is 4.59. The molecular weight excluding hydrogens is 256 g/mol. The number of nitrogens with zero attached hydrogens (tertiary/aromatic N) is 1. The zero-order chi connectivity index (χ0) is 13.9. The second-order valence-electron chi connectivity index (χ2n) is 4.70. The van der Waals surface area contributed by atoms with Crippen LogP contribution in [0.25, 0.3) is 5.70 Å². The summed E-state index contributed by atoms with van der Waals surface area (Å²) >= 11 is 0. The van der Waals surface area contributed by atoms with E-state index >= 15 is 0 Å². The molecule has 0 N–H and O–H groups in total. The molecule has 3 rings (SSSR count). The third-order valence-electron chi connectivity index (χ3n) is 3.29. The first-order chi connectivity index (χ1) is 9.72. The summed E-state index contributed by atoms with van der Waals surface area (Å²) in [6, 6.07) is 12.7. The lowest BCUT2D eigenvalue weighted by atomic mass is 10.0. The van der Waals surface area contributed by atoms with Crippen molar-refractivity contribution in [2.24, 2.45) is 4.99 Å². The number of aliphatic imine (C=N–C) groups is 1. The molecule has 0 bridgehead atoms. The summed E-state index contributed by atoms with van der Waals surface area (Å²) in [5, 5.41) is 0. The van der Waals surface area contributed by atoms with Crippen LogP contribution >= 0.6 is 0 Å². The number of hydrogen-bond donors (Lipinski definition) is 0. The first-order valence-electron chi connectivity index (χ1n) is 6.52. The van der Waals surface area contributed by atoms with E-state index in [-0.39, 0.29) is 11.6 Å². The topological polar surface area (TPSA) is 12.4 Å². The summed E-state index contributed by atoms with van der Waals surface area (Å²) in [4.78, 5) is 4.61. The van der Waals surface area contributed by atoms with Gasteiger partial charge >= 0.3 is 0 Å². The molecule has 0 aromatic heterocycles. The lowest BCUT2D eigenvalue weighted by Crippen LogP contribution is -2.05. The average Bonchev–Trinajstić information content (AvgIpc) is 2.49. The number of halogens is 2. The molecule has 0 unspecified atom stereocenters. The Kier molecular flexibility index (Phi) is 3.42. The average molecular weight is 269 g/mol. The first-order valence-corrected chi connectivity index (χ1v) is 6.52. The van der Waals surface area contributed by atoms with Crippen LogP contribution in [-0.4, -0.2) is 5.71 Å². The molecule has 3 heteroatoms. The molecule has 0 fully saturated rings. The van der Waals surface area contributed by atoms with Gasteiger partial charge in [-0.3, -0.25) is 4.99 Å². The maximum atomic E-state index is 12.9. The van der Waals surface area contributed by atoms with Crippen LogP contribution in [0.1, 0.15) is 24.0 Å². The highest BCUT2D eigenvalue weighted by Crippen LogP contribution is 2.24. The van der Waals surface area contributed by atoms with Crippen molar-refractivity contribution in [2.75, 3.05) is 0 Å². The highest BCUT2D eigenvalue weighted by atomic mass is 19.1. The monoisotopic (exact) mass is 269 g/mol. The van der Waals surface area contributed by atoms with Crippen molar-refractivity contribution in [3.05, 3.63) is 77.4 Å². The van der Waals surface area contributed by atoms with E-state index in [2.05, 4.69) is 4.99 Å². The van der Waals surface area contributed by atoms with Crippen LogP contribution in [0.4, 0.5) is 8.78 Å². The zero-order valence-electron chi connectivity index (χ0n) is 10.8. The number of allylic oxidation sites excluding steroid dienone is 1. The highest BCUT2D eigenvalue weighted by Gasteiger charge is 2.11. The van der Waals surface area contributed by atoms with Crippen LogP contribution < -0.4 is 0 Å². The van der Waals surface area contributed by atoms with E-state index in [9.17, 15) is 8.78 Å². The van der Waals surface area contributed by atoms with E-state index < -0.39 is 0 Å². The number of benzene rings is 2. The summed E-state index contributed by atoms with van der Waals surface area (Å²) in [6.07, 6.45) is 3.75. The van der Waals surface area contributed by atoms with Gasteiger partial charge in [-0.2, -0.15) is 0 Å². The molecule has 0 amide bonds. The Morgan fingerprint density at radius 3 is 1.90 bits per heavy atom. The molecule has 0 aliphatic carbocycles. The van der Waals surface area contributed by atoms with Crippen molar-refractivity contribution in [3.63, 3.8) is 0 Å². The Labute approximate surface area is 116 Å². The molecule has 1 heterocycles. The molecule has 0 saturated carbocycles. The summed E-state index contributed by atoms with van der Waals surface area (Å²) in [5.41, 5.74) is 3.60. The van der Waals surface area contributed by atoms with Gasteiger partial charge < -0.3 is 0 Å². The van der Waals surface area contributed by atoms with Crippen LogP contribution in [0.2, 0.25) is 0 Å². The third-order valence-corrected chi connectivity index (χ3v) is 3.29. The van der Waals surface area contributed by atoms with Crippen molar-refractivity contribution in [1.29, 1.82) is 0 Å². The minimum atomic E-state index is -0.257. The molecule has 2 aromatic rings. The lowest BCUT2D eigenvalue weighted by Gasteiger charge is -2.13. The molecule has 20 heavy (non-hydrogen) atoms. The van der Waals surface area contributed by atoms with Gasteiger partial charge in [0.05, 0.1) is 5.70 Å². The molecule has 0 spiro atoms. The number of rotatable bonds is 2. The Morgan fingerprint density at radius 2 is 1.30 bits per heavy atom. The van der Waals surface area contributed by atoms with Gasteiger partial charge in [-0.15, -0.1) is 0 Å². The second-order valence-corrected chi connectivity index (χ2v) is 4.70. The van der Waals surface area contributed by atoms with Crippen LogP contribution in [-0.2, 0) is 0 Å². The van der Waals surface area contributed by atoms with E-state index in [1.165, 1.54) is 24.3 Å². The minimum Gasteiger partial charge on any atom is -0.253 e. The molecule has 0 atom stereocenters. The van der Waals surface area contributed by atoms with Gasteiger partial charge in [0.1, 0.15) is 11.6 Å². The Morgan fingerprint density at radius 1 is 0.750 bits per heavy atom. The van der Waals surface area contributed by atoms with Crippen molar-refractivity contribution in [2.45, 2.75) is 12.8 Å². The van der Waals surface area contributed by atoms with Crippen molar-refractivity contribution >= 4 is 11.4 Å². The summed E-state index contributed by atoms with van der Waals surface area (Å²) in [6.45, 7) is 0. The third kappa shape index (κ3) is 2.67. The quantitative estimate of drug-likeness (QED) is 0.756. The van der Waals surface area contributed by atoms with Crippen LogP contribution in [0.15, 0.2) is 59.6 Å². The Bertz CT molecular complexity index is 667. The molecular formula is C17H13F2N. The standard InChI is InChI=1S/C17H13F2N/c18-14-8-4-12(5-9-14)16-2-1-3-17(20-16)13-6-10-15(19)11-7-13/h2,4-11H,1,3H2. The number of hydrogen-bond acceptors (Lipinski definition) is 1. The maximum Gasteiger partial charge on any atom is 0.123 e. The zero-order valence-corrected chi connectivity index (χ0v) is 10.8. The van der Waals surface area contributed by atoms with E-state index in [0.717, 1.165) is 35.4 Å². The van der Waals surface area contributed by atoms with Gasteiger partial charge in [-0.25, -0.2) is 8.78 Å². The fourth-order valence-electron chi connectivity index (χ4n) is 2.25.